The van der Waals surface area contributed by atoms with Crippen LogP contribution in [-0.2, 0) is 39.9 Å². The van der Waals surface area contributed by atoms with Crippen molar-refractivity contribution in [3.63, 3.8) is 0 Å². The largest absolute Gasteiger partial charge is 1.00 e. The van der Waals surface area contributed by atoms with E-state index in [2.05, 4.69) is 10.6 Å². The summed E-state index contributed by atoms with van der Waals surface area (Å²) < 4.78 is 49.0. The van der Waals surface area contributed by atoms with Crippen LogP contribution in [0.2, 0.25) is 0 Å². The van der Waals surface area contributed by atoms with Crippen molar-refractivity contribution >= 4 is 75.3 Å². The minimum atomic E-state index is -1.40. The number of carboxylic acids is 4. The number of fused-ring (bicyclic) bond motifs is 2. The molecule has 1 heterocycles. The van der Waals surface area contributed by atoms with Gasteiger partial charge in [-0.25, -0.2) is 22.9 Å². The summed E-state index contributed by atoms with van der Waals surface area (Å²) in [6.07, 6.45) is 5.77. The van der Waals surface area contributed by atoms with Crippen molar-refractivity contribution in [3.05, 3.63) is 100 Å². The van der Waals surface area contributed by atoms with E-state index in [1.807, 2.05) is 22.6 Å². The maximum absolute atomic E-state index is 14.9. The number of ether oxygens (including phenoxy) is 3. The van der Waals surface area contributed by atoms with Gasteiger partial charge in [0.25, 0.3) is 0 Å². The Bertz CT molecular complexity index is 2470. The molecule has 0 unspecified atom stereocenters. The Kier molecular flexibility index (Phi) is 32.1. The van der Waals surface area contributed by atoms with Crippen LogP contribution in [0.4, 0.5) is 14.5 Å². The third-order valence-electron chi connectivity index (χ3n) is 9.72. The number of alkyl halides is 1. The second-order valence-corrected chi connectivity index (χ2v) is 15.3. The first-order valence-corrected chi connectivity index (χ1v) is 21.6. The minimum absolute atomic E-state index is 0. The number of aliphatic carboxylic acids is 4. The number of unbranched alkanes of at least 4 members (excludes halogenated alkanes) is 2. The first-order chi connectivity index (χ1) is 31.4. The summed E-state index contributed by atoms with van der Waals surface area (Å²) in [6.45, 7) is -3.17. The molecule has 0 saturated carbocycles. The summed E-state index contributed by atoms with van der Waals surface area (Å²) in [5.41, 5.74) is 0.514. The van der Waals surface area contributed by atoms with Crippen LogP contribution in [0.3, 0.4) is 0 Å². The molecular formula is C44H44F2IK4N4O15+5. The molecule has 19 nitrogen and oxygen atoms in total. The van der Waals surface area contributed by atoms with E-state index < -0.39 is 79.1 Å². The Balaban J connectivity index is 0.00000612. The maximum atomic E-state index is 14.9. The van der Waals surface area contributed by atoms with Gasteiger partial charge in [0, 0.05) is 48.0 Å². The van der Waals surface area contributed by atoms with Crippen LogP contribution in [0, 0.1) is 11.6 Å². The molecule has 3 aromatic carbocycles. The average Bonchev–Trinajstić information content (AvgIpc) is 3.24. The smallest absolute Gasteiger partial charge is 0.505 e. The summed E-state index contributed by atoms with van der Waals surface area (Å²) in [7, 11) is 0. The molecule has 2 aliphatic rings. The number of amides is 2. The molecule has 2 amide bonds. The number of phenolic OH excluding ortho intramolecular Hbond substituents is 2. The number of carboxylic acid groups (broad SMARTS) is 4. The van der Waals surface area contributed by atoms with Gasteiger partial charge in [-0.2, -0.15) is 0 Å². The van der Waals surface area contributed by atoms with E-state index in [1.54, 1.807) is 0 Å². The van der Waals surface area contributed by atoms with Gasteiger partial charge in [0.2, 0.25) is 30.6 Å². The number of hydrogen-bond acceptors (Lipinski definition) is 12. The van der Waals surface area contributed by atoms with Gasteiger partial charge in [-0.15, -0.1) is 0 Å². The number of aromatic hydroxyl groups is 2. The molecule has 26 heteroatoms. The molecule has 0 fully saturated rings. The van der Waals surface area contributed by atoms with Crippen LogP contribution in [0.5, 0.6) is 28.7 Å². The van der Waals surface area contributed by atoms with Crippen LogP contribution >= 0.6 is 22.6 Å². The molecule has 0 bridgehead atoms. The third kappa shape index (κ3) is 20.1. The van der Waals surface area contributed by atoms with Crippen molar-refractivity contribution in [2.45, 2.75) is 25.7 Å². The van der Waals surface area contributed by atoms with E-state index >= 15 is 0 Å². The number of phenols is 2. The second kappa shape index (κ2) is 33.4. The number of carbonyl (C=O) groups is 6. The zero-order valence-corrected chi connectivity index (χ0v) is 53.5. The summed E-state index contributed by atoms with van der Waals surface area (Å²) >= 11 is 1.96. The number of para-hydroxylation sites is 1. The Labute approximate surface area is 583 Å². The quantitative estimate of drug-likeness (QED) is 0.0113. The fourth-order valence-corrected chi connectivity index (χ4v) is 7.28. The maximum Gasteiger partial charge on any atom is 1.00 e. The van der Waals surface area contributed by atoms with E-state index in [-0.39, 0.29) is 293 Å². The first kappa shape index (κ1) is 67.3. The summed E-state index contributed by atoms with van der Waals surface area (Å²) in [4.78, 5) is 73.3. The molecular weight excluding hydrogens is 1150 g/mol. The van der Waals surface area contributed by atoms with Crippen LogP contribution < -0.4 is 231 Å². The number of nitrogens with zero attached hydrogens (tertiary/aromatic N) is 2. The van der Waals surface area contributed by atoms with E-state index in [1.165, 1.54) is 36.4 Å². The summed E-state index contributed by atoms with van der Waals surface area (Å²) in [6, 6.07) is 8.25. The summed E-state index contributed by atoms with van der Waals surface area (Å²) in [5.74, 6) is -10.1. The van der Waals surface area contributed by atoms with E-state index in [9.17, 15) is 68.2 Å². The number of carbonyl (C=O) groups excluding carboxylic acids is 2. The third-order valence-corrected chi connectivity index (χ3v) is 10.4. The normalized spacial score (nSPS) is 11.8. The molecule has 3 aromatic rings. The van der Waals surface area contributed by atoms with Crippen molar-refractivity contribution in [1.29, 1.82) is 0 Å². The molecule has 70 heavy (non-hydrogen) atoms. The number of nitrogens with one attached hydrogen (secondary N) is 2. The Morgan fingerprint density at radius 2 is 1.23 bits per heavy atom. The standard InChI is InChI=1S/C44H43F2IN4O15.4K/c45-28-15-26-34(17-31(28)52)66-35-18-32(53)29(46)16-27(35)43(26)24-7-8-30(50(20-39(56)57)21-40(58)59)36(13-24)65-12-11-64-33-6-4-5-25(44(33)51(22-41(60)61)23-42(62)63)14-37(54)48-9-2-1-3-10-49-38(55)19-47;;;;/h4-8,13,15-18H,1-3,9-12,14,19-23H2,(H7,48,49,52,53,54,55,56,57,58,59,60,61,62,63);;;;/q;4*+1/p+1. The number of rotatable bonds is 23. The Hall–Kier alpha value is -0.695. The van der Waals surface area contributed by atoms with Crippen molar-refractivity contribution in [1.82, 2.24) is 10.6 Å². The van der Waals surface area contributed by atoms with E-state index in [0.29, 0.717) is 36.8 Å². The van der Waals surface area contributed by atoms with Crippen molar-refractivity contribution in [3.8, 4) is 28.7 Å². The molecule has 0 aromatic heterocycles. The molecule has 350 valence electrons. The van der Waals surface area contributed by atoms with Crippen LogP contribution in [0.15, 0.2) is 72.0 Å². The first-order valence-electron chi connectivity index (χ1n) is 20.0. The zero-order valence-electron chi connectivity index (χ0n) is 38.9. The van der Waals surface area contributed by atoms with Gasteiger partial charge in [0.15, 0.2) is 28.9 Å². The van der Waals surface area contributed by atoms with Gasteiger partial charge >= 0.3 is 229 Å². The molecule has 0 radical (unpaired) electrons. The number of hydrogen-bond donors (Lipinski definition) is 8. The molecule has 1 aliphatic heterocycles. The Morgan fingerprint density at radius 3 is 1.74 bits per heavy atom. The van der Waals surface area contributed by atoms with Gasteiger partial charge in [-0.1, -0.05) is 34.7 Å². The van der Waals surface area contributed by atoms with Gasteiger partial charge in [-0.05, 0) is 60.8 Å². The van der Waals surface area contributed by atoms with Crippen LogP contribution in [-0.4, -0.2) is 134 Å². The van der Waals surface area contributed by atoms with Gasteiger partial charge in [0.05, 0.1) is 16.5 Å². The summed E-state index contributed by atoms with van der Waals surface area (Å²) in [5, 5.41) is 64.6. The number of allylic oxidation sites excluding steroid dienone is 4. The van der Waals surface area contributed by atoms with Gasteiger partial charge in [-0.3, -0.25) is 19.2 Å². The average molecular weight is 1190 g/mol. The van der Waals surface area contributed by atoms with Crippen molar-refractivity contribution in [2.24, 2.45) is 0 Å². The molecule has 8 N–H and O–H groups in total. The number of benzene rings is 3. The second-order valence-electron chi connectivity index (χ2n) is 14.6. The van der Waals surface area contributed by atoms with Gasteiger partial charge in [0.1, 0.15) is 43.6 Å². The fourth-order valence-electron chi connectivity index (χ4n) is 7.01. The molecule has 0 spiro atoms. The van der Waals surface area contributed by atoms with E-state index in [0.717, 1.165) is 33.7 Å². The molecule has 0 saturated heterocycles. The monoisotopic (exact) mass is 1190 g/mol. The van der Waals surface area contributed by atoms with Crippen LogP contribution in [0.25, 0.3) is 5.57 Å². The van der Waals surface area contributed by atoms with Crippen molar-refractivity contribution < 1.29 is 293 Å². The molecule has 1 aliphatic carbocycles. The molecule has 0 atom stereocenters. The Morgan fingerprint density at radius 1 is 0.700 bits per heavy atom. The van der Waals surface area contributed by atoms with Crippen LogP contribution in [0.1, 0.15) is 36.0 Å². The van der Waals surface area contributed by atoms with E-state index in [4.69, 9.17) is 14.2 Å². The fraction of sp³-hybridized carbons (Fsp3) is 0.295. The number of anilines is 1. The SMILES string of the molecule is O=C(O)CN(CC(=O)O)c1c(CC(=O)NCCCCCNC(=O)CI)cccc1OCCOC1=CC(=C2c3cc(F)c(O)cc3Oc3cc(O)c(F)cc32)C=CC1=[N+](CC(=O)O)CC(=O)O.[K+].[K+].[K+].[K+]. The van der Waals surface area contributed by atoms with Crippen molar-refractivity contribution in [2.75, 3.05) is 61.8 Å². The molecule has 5 rings (SSSR count). The topological polar surface area (TPSA) is 282 Å². The number of halogens is 3. The minimum Gasteiger partial charge on any atom is -0.505 e. The predicted octanol–water partition coefficient (Wildman–Crippen LogP) is -8.17. The van der Waals surface area contributed by atoms with Gasteiger partial charge < -0.3 is 60.4 Å². The zero-order chi connectivity index (χ0) is 48.1. The predicted molar refractivity (Wildman–Crippen MR) is 238 cm³/mol.